The zero-order chi connectivity index (χ0) is 16.1. The molecule has 0 saturated carbocycles. The summed E-state index contributed by atoms with van der Waals surface area (Å²) in [4.78, 5) is 25.3. The van der Waals surface area contributed by atoms with Crippen LogP contribution in [-0.4, -0.2) is 42.6 Å². The lowest BCUT2D eigenvalue weighted by Crippen LogP contribution is -2.46. The fourth-order valence-electron chi connectivity index (χ4n) is 2.36. The number of amides is 2. The third-order valence-corrected chi connectivity index (χ3v) is 3.76. The number of piperidine rings is 1. The molecule has 22 heavy (non-hydrogen) atoms. The van der Waals surface area contributed by atoms with Crippen molar-refractivity contribution in [3.05, 3.63) is 34.6 Å². The highest BCUT2D eigenvalue weighted by Crippen LogP contribution is 2.17. The molecular formula is C15H18ClFN2O3. The molecule has 2 amide bonds. The molecule has 2 rings (SSSR count). The van der Waals surface area contributed by atoms with Crippen molar-refractivity contribution in [2.45, 2.75) is 25.8 Å². The second-order valence-electron chi connectivity index (χ2n) is 5.06. The number of hydrogen-bond acceptors (Lipinski definition) is 3. The quantitative estimate of drug-likeness (QED) is 0.928. The molecule has 0 atom stereocenters. The predicted octanol–water partition coefficient (Wildman–Crippen LogP) is 2.83. The molecule has 0 bridgehead atoms. The molecule has 1 aliphatic heterocycles. The predicted molar refractivity (Wildman–Crippen MR) is 80.5 cm³/mol. The first kappa shape index (κ1) is 16.5. The number of ether oxygens (including phenoxy) is 1. The summed E-state index contributed by atoms with van der Waals surface area (Å²) in [7, 11) is 0. The van der Waals surface area contributed by atoms with E-state index in [9.17, 15) is 14.0 Å². The van der Waals surface area contributed by atoms with Crippen LogP contribution in [0.1, 0.15) is 30.1 Å². The first-order valence-electron chi connectivity index (χ1n) is 7.19. The second kappa shape index (κ2) is 7.45. The highest BCUT2D eigenvalue weighted by molar-refractivity contribution is 6.31. The van der Waals surface area contributed by atoms with E-state index in [0.717, 1.165) is 0 Å². The van der Waals surface area contributed by atoms with Crippen molar-refractivity contribution in [3.63, 3.8) is 0 Å². The van der Waals surface area contributed by atoms with Crippen LogP contribution in [0.5, 0.6) is 0 Å². The molecule has 1 N–H and O–H groups in total. The maximum Gasteiger partial charge on any atom is 0.409 e. The molecule has 0 aromatic heterocycles. The Morgan fingerprint density at radius 2 is 2.09 bits per heavy atom. The average Bonchev–Trinajstić information content (AvgIpc) is 2.50. The maximum atomic E-state index is 13.6. The molecule has 120 valence electrons. The van der Waals surface area contributed by atoms with Crippen LogP contribution in [0.3, 0.4) is 0 Å². The van der Waals surface area contributed by atoms with E-state index in [-0.39, 0.29) is 17.7 Å². The molecule has 1 heterocycles. The minimum atomic E-state index is -0.606. The van der Waals surface area contributed by atoms with Crippen molar-refractivity contribution in [3.8, 4) is 0 Å². The maximum absolute atomic E-state index is 13.6. The first-order chi connectivity index (χ1) is 10.5. The van der Waals surface area contributed by atoms with E-state index in [4.69, 9.17) is 16.3 Å². The molecule has 0 aliphatic carbocycles. The highest BCUT2D eigenvalue weighted by atomic mass is 35.5. The molecule has 5 nitrogen and oxygen atoms in total. The van der Waals surface area contributed by atoms with E-state index in [2.05, 4.69) is 5.32 Å². The lowest BCUT2D eigenvalue weighted by atomic mass is 10.0. The van der Waals surface area contributed by atoms with Crippen LogP contribution >= 0.6 is 11.6 Å². The fraction of sp³-hybridized carbons (Fsp3) is 0.467. The van der Waals surface area contributed by atoms with Gasteiger partial charge in [-0.15, -0.1) is 0 Å². The lowest BCUT2D eigenvalue weighted by Gasteiger charge is -2.31. The van der Waals surface area contributed by atoms with Gasteiger partial charge in [-0.25, -0.2) is 9.18 Å². The van der Waals surface area contributed by atoms with Gasteiger partial charge in [0.2, 0.25) is 0 Å². The van der Waals surface area contributed by atoms with Gasteiger partial charge in [0, 0.05) is 24.2 Å². The van der Waals surface area contributed by atoms with Crippen LogP contribution in [0.2, 0.25) is 5.02 Å². The Hall–Kier alpha value is -1.82. The van der Waals surface area contributed by atoms with Gasteiger partial charge in [0.15, 0.2) is 0 Å². The molecule has 7 heteroatoms. The van der Waals surface area contributed by atoms with Crippen molar-refractivity contribution >= 4 is 23.6 Å². The number of halogens is 2. The molecule has 0 spiro atoms. The summed E-state index contributed by atoms with van der Waals surface area (Å²) >= 11 is 5.78. The number of nitrogens with zero attached hydrogens (tertiary/aromatic N) is 1. The van der Waals surface area contributed by atoms with Crippen LogP contribution in [0.25, 0.3) is 0 Å². The van der Waals surface area contributed by atoms with Gasteiger partial charge in [-0.2, -0.15) is 0 Å². The molecule has 1 aliphatic rings. The Kier molecular flexibility index (Phi) is 5.60. The normalized spacial score (nSPS) is 15.5. The van der Waals surface area contributed by atoms with E-state index in [0.29, 0.717) is 37.6 Å². The SMILES string of the molecule is CCOC(=O)N1CCC(NC(=O)c2cc(Cl)ccc2F)CC1. The molecule has 1 saturated heterocycles. The smallest absolute Gasteiger partial charge is 0.409 e. The molecule has 0 unspecified atom stereocenters. The largest absolute Gasteiger partial charge is 0.450 e. The molecule has 0 radical (unpaired) electrons. The van der Waals surface area contributed by atoms with E-state index < -0.39 is 11.7 Å². The van der Waals surface area contributed by atoms with Crippen LogP contribution in [0.15, 0.2) is 18.2 Å². The van der Waals surface area contributed by atoms with Crippen molar-refractivity contribution in [2.24, 2.45) is 0 Å². The summed E-state index contributed by atoms with van der Waals surface area (Å²) in [5.41, 5.74) is -0.0691. The van der Waals surface area contributed by atoms with E-state index in [1.807, 2.05) is 0 Å². The minimum Gasteiger partial charge on any atom is -0.450 e. The van der Waals surface area contributed by atoms with Gasteiger partial charge in [0.1, 0.15) is 5.82 Å². The summed E-state index contributed by atoms with van der Waals surface area (Å²) in [6.45, 7) is 3.09. The van der Waals surface area contributed by atoms with Gasteiger partial charge in [-0.05, 0) is 38.0 Å². The molecule has 1 aromatic carbocycles. The van der Waals surface area contributed by atoms with Gasteiger partial charge in [0.05, 0.1) is 12.2 Å². The van der Waals surface area contributed by atoms with Gasteiger partial charge < -0.3 is 15.0 Å². The van der Waals surface area contributed by atoms with Crippen LogP contribution in [0, 0.1) is 5.82 Å². The molecular weight excluding hydrogens is 311 g/mol. The van der Waals surface area contributed by atoms with E-state index in [1.54, 1.807) is 11.8 Å². The number of likely N-dealkylation sites (tertiary alicyclic amines) is 1. The van der Waals surface area contributed by atoms with Crippen molar-refractivity contribution in [2.75, 3.05) is 19.7 Å². The summed E-state index contributed by atoms with van der Waals surface area (Å²) in [6.07, 6.45) is 0.868. The Bertz CT molecular complexity index is 560. The number of carbonyl (C=O) groups is 2. The lowest BCUT2D eigenvalue weighted by molar-refractivity contribution is 0.0857. The van der Waals surface area contributed by atoms with Gasteiger partial charge >= 0.3 is 6.09 Å². The number of nitrogens with one attached hydrogen (secondary N) is 1. The third-order valence-electron chi connectivity index (χ3n) is 3.53. The third kappa shape index (κ3) is 4.10. The van der Waals surface area contributed by atoms with Crippen molar-refractivity contribution < 1.29 is 18.7 Å². The van der Waals surface area contributed by atoms with E-state index in [1.165, 1.54) is 18.2 Å². The topological polar surface area (TPSA) is 58.6 Å². The van der Waals surface area contributed by atoms with Crippen molar-refractivity contribution in [1.82, 2.24) is 10.2 Å². The summed E-state index contributed by atoms with van der Waals surface area (Å²) < 4.78 is 18.6. The molecule has 1 fully saturated rings. The van der Waals surface area contributed by atoms with Gasteiger partial charge in [0.25, 0.3) is 5.91 Å². The van der Waals surface area contributed by atoms with E-state index >= 15 is 0 Å². The van der Waals surface area contributed by atoms with Gasteiger partial charge in [-0.1, -0.05) is 11.6 Å². The zero-order valence-electron chi connectivity index (χ0n) is 12.3. The standard InChI is InChI=1S/C15H18ClFN2O3/c1-2-22-15(21)19-7-5-11(6-8-19)18-14(20)12-9-10(16)3-4-13(12)17/h3-4,9,11H,2,5-8H2,1H3,(H,18,20). The average molecular weight is 329 g/mol. The summed E-state index contributed by atoms with van der Waals surface area (Å²) in [5.74, 6) is -1.10. The fourth-order valence-corrected chi connectivity index (χ4v) is 2.53. The van der Waals surface area contributed by atoms with Gasteiger partial charge in [-0.3, -0.25) is 4.79 Å². The Morgan fingerprint density at radius 1 is 1.41 bits per heavy atom. The van der Waals surface area contributed by atoms with Crippen LogP contribution < -0.4 is 5.32 Å². The minimum absolute atomic E-state index is 0.0691. The monoisotopic (exact) mass is 328 g/mol. The van der Waals surface area contributed by atoms with Crippen LogP contribution in [0.4, 0.5) is 9.18 Å². The summed E-state index contributed by atoms with van der Waals surface area (Å²) in [5, 5.41) is 3.09. The molecule has 1 aromatic rings. The Morgan fingerprint density at radius 3 is 2.73 bits per heavy atom. The second-order valence-corrected chi connectivity index (χ2v) is 5.49. The van der Waals surface area contributed by atoms with Crippen molar-refractivity contribution in [1.29, 1.82) is 0 Å². The highest BCUT2D eigenvalue weighted by Gasteiger charge is 2.25. The summed E-state index contributed by atoms with van der Waals surface area (Å²) in [6, 6.07) is 3.77. The Balaban J connectivity index is 1.89. The number of hydrogen-bond donors (Lipinski definition) is 1. The number of rotatable bonds is 3. The number of benzene rings is 1. The Labute approximate surface area is 133 Å². The zero-order valence-corrected chi connectivity index (χ0v) is 13.0. The van der Waals surface area contributed by atoms with Crippen LogP contribution in [-0.2, 0) is 4.74 Å². The first-order valence-corrected chi connectivity index (χ1v) is 7.56. The number of carbonyl (C=O) groups excluding carboxylic acids is 2.